The van der Waals surface area contributed by atoms with E-state index in [1.165, 1.54) is 12.7 Å². The van der Waals surface area contributed by atoms with E-state index in [1.807, 2.05) is 12.1 Å². The highest BCUT2D eigenvalue weighted by molar-refractivity contribution is 5.81. The number of nitrogens with zero attached hydrogens (tertiary/aromatic N) is 1. The Bertz CT molecular complexity index is 900. The van der Waals surface area contributed by atoms with E-state index in [-0.39, 0.29) is 24.0 Å². The van der Waals surface area contributed by atoms with Gasteiger partial charge in [-0.1, -0.05) is 29.8 Å². The van der Waals surface area contributed by atoms with Gasteiger partial charge in [0.2, 0.25) is 0 Å². The zero-order valence-corrected chi connectivity index (χ0v) is 15.8. The van der Waals surface area contributed by atoms with Gasteiger partial charge in [0.15, 0.2) is 11.4 Å². The maximum absolute atomic E-state index is 13.2. The standard InChI is InChI=1S/C21H24N2O4/c1-4-12-11-23-16-10-19-14-7-5-6-8-15(14)22-21(19,27-16)20(23,26-3)9-13(12)17(19)18(24)25-2/h4-8,13,16-17,22H,9-11H2,1-3H3. The van der Waals surface area contributed by atoms with Crippen LogP contribution in [0.3, 0.4) is 0 Å². The molecule has 1 aliphatic carbocycles. The van der Waals surface area contributed by atoms with Crippen LogP contribution in [0.25, 0.3) is 0 Å². The first-order valence-electron chi connectivity index (χ1n) is 9.69. The molecule has 3 saturated heterocycles. The molecule has 4 heterocycles. The van der Waals surface area contributed by atoms with E-state index in [9.17, 15) is 4.79 Å². The molecule has 0 radical (unpaired) electrons. The van der Waals surface area contributed by atoms with Gasteiger partial charge in [-0.25, -0.2) is 4.90 Å². The van der Waals surface area contributed by atoms with Crippen LogP contribution in [0.2, 0.25) is 0 Å². The normalized spacial score (nSPS) is 47.1. The van der Waals surface area contributed by atoms with Crippen LogP contribution in [0.4, 0.5) is 5.69 Å². The summed E-state index contributed by atoms with van der Waals surface area (Å²) in [4.78, 5) is 15.6. The Labute approximate surface area is 158 Å². The van der Waals surface area contributed by atoms with Crippen LogP contribution in [-0.2, 0) is 24.4 Å². The number of carbonyl (C=O) groups is 1. The first-order chi connectivity index (χ1) is 13.1. The third-order valence-corrected chi connectivity index (χ3v) is 7.94. The molecule has 4 bridgehead atoms. The number of methoxy groups -OCH3 is 2. The van der Waals surface area contributed by atoms with Gasteiger partial charge in [0.05, 0.1) is 18.4 Å². The lowest BCUT2D eigenvalue weighted by Crippen LogP contribution is -2.80. The fraction of sp³-hybridized carbons (Fsp3) is 0.571. The van der Waals surface area contributed by atoms with Crippen molar-refractivity contribution in [2.24, 2.45) is 11.8 Å². The van der Waals surface area contributed by atoms with Crippen LogP contribution in [0.15, 0.2) is 35.9 Å². The number of hydrogen-bond acceptors (Lipinski definition) is 6. The van der Waals surface area contributed by atoms with E-state index in [0.29, 0.717) is 0 Å². The fourth-order valence-electron chi connectivity index (χ4n) is 7.09. The second kappa shape index (κ2) is 4.74. The lowest BCUT2D eigenvalue weighted by molar-refractivity contribution is -0.251. The summed E-state index contributed by atoms with van der Waals surface area (Å²) < 4.78 is 18.4. The summed E-state index contributed by atoms with van der Waals surface area (Å²) in [5.41, 5.74) is 1.63. The summed E-state index contributed by atoms with van der Waals surface area (Å²) in [7, 11) is 3.27. The molecule has 6 nitrogen and oxygen atoms in total. The molecular weight excluding hydrogens is 344 g/mol. The summed E-state index contributed by atoms with van der Waals surface area (Å²) in [6, 6.07) is 8.29. The number of benzene rings is 1. The Morgan fingerprint density at radius 2 is 2.15 bits per heavy atom. The molecule has 1 N–H and O–H groups in total. The van der Waals surface area contributed by atoms with Gasteiger partial charge in [-0.05, 0) is 24.5 Å². The molecule has 1 saturated carbocycles. The number of allylic oxidation sites excluding steroid dienone is 1. The quantitative estimate of drug-likeness (QED) is 0.638. The average molecular weight is 368 g/mol. The largest absolute Gasteiger partial charge is 0.469 e. The van der Waals surface area contributed by atoms with E-state index in [4.69, 9.17) is 14.2 Å². The second-order valence-corrected chi connectivity index (χ2v) is 8.39. The van der Waals surface area contributed by atoms with Crippen LogP contribution in [0.1, 0.15) is 25.3 Å². The van der Waals surface area contributed by atoms with E-state index < -0.39 is 16.9 Å². The molecular formula is C21H24N2O4. The summed E-state index contributed by atoms with van der Waals surface area (Å²) in [6.07, 6.45) is 3.59. The summed E-state index contributed by atoms with van der Waals surface area (Å²) >= 11 is 0. The number of piperidine rings is 2. The molecule has 1 aromatic carbocycles. The number of nitrogens with one attached hydrogen (secondary N) is 1. The number of carbonyl (C=O) groups excluding carboxylic acids is 1. The van der Waals surface area contributed by atoms with Gasteiger partial charge in [0.1, 0.15) is 6.23 Å². The van der Waals surface area contributed by atoms with Crippen molar-refractivity contribution in [1.82, 2.24) is 4.90 Å². The summed E-state index contributed by atoms with van der Waals surface area (Å²) in [6.45, 7) is 2.83. The van der Waals surface area contributed by atoms with E-state index >= 15 is 0 Å². The highest BCUT2D eigenvalue weighted by atomic mass is 16.6. The second-order valence-electron chi connectivity index (χ2n) is 8.39. The van der Waals surface area contributed by atoms with Crippen LogP contribution in [0.5, 0.6) is 0 Å². The molecule has 6 rings (SSSR count). The third-order valence-electron chi connectivity index (χ3n) is 7.94. The molecule has 27 heavy (non-hydrogen) atoms. The molecule has 0 amide bonds. The van der Waals surface area contributed by atoms with E-state index in [0.717, 1.165) is 30.6 Å². The van der Waals surface area contributed by atoms with E-state index in [1.54, 1.807) is 7.11 Å². The van der Waals surface area contributed by atoms with Gasteiger partial charge in [0, 0.05) is 32.2 Å². The smallest absolute Gasteiger partial charge is 0.310 e. The highest BCUT2D eigenvalue weighted by Crippen LogP contribution is 2.75. The first kappa shape index (κ1) is 16.1. The van der Waals surface area contributed by atoms with Crippen LogP contribution >= 0.6 is 0 Å². The SMILES string of the molecule is CC=C1CN2C3CC45c6ccccc6NC4(O3)C2(OC)CC1C5C(=O)OC. The van der Waals surface area contributed by atoms with Crippen molar-refractivity contribution in [3.8, 4) is 0 Å². The van der Waals surface area contributed by atoms with Gasteiger partial charge in [-0.15, -0.1) is 0 Å². The fourth-order valence-corrected chi connectivity index (χ4v) is 7.09. The van der Waals surface area contributed by atoms with Crippen molar-refractivity contribution >= 4 is 11.7 Å². The van der Waals surface area contributed by atoms with Crippen molar-refractivity contribution in [2.45, 2.75) is 42.9 Å². The van der Waals surface area contributed by atoms with Crippen LogP contribution < -0.4 is 5.32 Å². The molecule has 142 valence electrons. The Morgan fingerprint density at radius 1 is 1.33 bits per heavy atom. The minimum Gasteiger partial charge on any atom is -0.469 e. The number of rotatable bonds is 2. The van der Waals surface area contributed by atoms with Crippen molar-refractivity contribution in [3.63, 3.8) is 0 Å². The number of fused-ring (bicyclic) bond motifs is 4. The summed E-state index contributed by atoms with van der Waals surface area (Å²) in [5.74, 6) is -0.352. The predicted octanol–water partition coefficient (Wildman–Crippen LogP) is 2.22. The van der Waals surface area contributed by atoms with Gasteiger partial charge in [-0.3, -0.25) is 4.79 Å². The minimum atomic E-state index is -0.766. The number of para-hydroxylation sites is 1. The Balaban J connectivity index is 1.70. The molecule has 1 spiro atoms. The van der Waals surface area contributed by atoms with Gasteiger partial charge in [0.25, 0.3) is 0 Å². The molecule has 4 aliphatic heterocycles. The number of esters is 1. The van der Waals surface area contributed by atoms with Crippen molar-refractivity contribution < 1.29 is 19.0 Å². The minimum absolute atomic E-state index is 0.0748. The number of ether oxygens (including phenoxy) is 3. The Hall–Kier alpha value is -1.89. The average Bonchev–Trinajstić information content (AvgIpc) is 3.27. The lowest BCUT2D eigenvalue weighted by atomic mass is 9.48. The number of anilines is 1. The molecule has 0 aromatic heterocycles. The third kappa shape index (κ3) is 1.39. The topological polar surface area (TPSA) is 60.0 Å². The number of hydrogen-bond donors (Lipinski definition) is 1. The highest BCUT2D eigenvalue weighted by Gasteiger charge is 2.88. The Morgan fingerprint density at radius 3 is 2.89 bits per heavy atom. The zero-order valence-electron chi connectivity index (χ0n) is 15.8. The van der Waals surface area contributed by atoms with Gasteiger partial charge < -0.3 is 19.5 Å². The van der Waals surface area contributed by atoms with Gasteiger partial charge in [-0.2, -0.15) is 0 Å². The molecule has 6 unspecified atom stereocenters. The van der Waals surface area contributed by atoms with E-state index in [2.05, 4.69) is 35.3 Å². The van der Waals surface area contributed by atoms with Crippen molar-refractivity contribution in [2.75, 3.05) is 26.1 Å². The molecule has 6 atom stereocenters. The molecule has 5 aliphatic rings. The molecule has 4 fully saturated rings. The first-order valence-corrected chi connectivity index (χ1v) is 9.69. The maximum atomic E-state index is 13.2. The zero-order chi connectivity index (χ0) is 18.6. The maximum Gasteiger partial charge on any atom is 0.310 e. The lowest BCUT2D eigenvalue weighted by Gasteiger charge is -2.64. The van der Waals surface area contributed by atoms with Crippen LogP contribution in [0, 0.1) is 11.8 Å². The summed E-state index contributed by atoms with van der Waals surface area (Å²) in [5, 5.41) is 3.70. The van der Waals surface area contributed by atoms with Crippen molar-refractivity contribution in [1.29, 1.82) is 0 Å². The van der Waals surface area contributed by atoms with Gasteiger partial charge >= 0.3 is 5.97 Å². The molecule has 6 heteroatoms. The Kier molecular flexibility index (Phi) is 2.83. The van der Waals surface area contributed by atoms with Crippen LogP contribution in [-0.4, -0.2) is 49.3 Å². The van der Waals surface area contributed by atoms with Crippen molar-refractivity contribution in [3.05, 3.63) is 41.5 Å². The predicted molar refractivity (Wildman–Crippen MR) is 97.8 cm³/mol. The monoisotopic (exact) mass is 368 g/mol. The molecule has 1 aromatic rings.